The summed E-state index contributed by atoms with van der Waals surface area (Å²) in [4.78, 5) is 11.6. The quantitative estimate of drug-likeness (QED) is 0.652. The number of nitrogens with zero attached hydrogens (tertiary/aromatic N) is 1. The van der Waals surface area contributed by atoms with E-state index in [1.54, 1.807) is 6.07 Å². The molecule has 0 aromatic heterocycles. The van der Waals surface area contributed by atoms with Crippen molar-refractivity contribution in [1.29, 1.82) is 0 Å². The average molecular weight is 329 g/mol. The molecule has 0 atom stereocenters. The predicted octanol–water partition coefficient (Wildman–Crippen LogP) is 4.41. The Hall–Kier alpha value is -2.53. The summed E-state index contributed by atoms with van der Waals surface area (Å²) >= 11 is 0. The zero-order valence-corrected chi connectivity index (χ0v) is 14.5. The minimum atomic E-state index is -0.841. The molecule has 1 amide bonds. The molecular formula is C19H23NO4. The molecular weight excluding hydrogens is 306 g/mol. The van der Waals surface area contributed by atoms with Gasteiger partial charge in [-0.3, -0.25) is 5.21 Å². The number of amides is 1. The monoisotopic (exact) mass is 329 g/mol. The molecule has 0 heterocycles. The fourth-order valence-corrected chi connectivity index (χ4v) is 2.48. The van der Waals surface area contributed by atoms with Gasteiger partial charge in [0.15, 0.2) is 0 Å². The Bertz CT molecular complexity index is 727. The Balaban J connectivity index is 2.28. The molecule has 0 unspecified atom stereocenters. The van der Waals surface area contributed by atoms with Gasteiger partial charge >= 0.3 is 6.09 Å². The third-order valence-corrected chi connectivity index (χ3v) is 3.84. The molecule has 24 heavy (non-hydrogen) atoms. The number of ether oxygens (including phenoxy) is 2. The summed E-state index contributed by atoms with van der Waals surface area (Å²) in [6, 6.07) is 11.4. The van der Waals surface area contributed by atoms with Crippen molar-refractivity contribution >= 4 is 11.8 Å². The van der Waals surface area contributed by atoms with Gasteiger partial charge in [0.1, 0.15) is 12.4 Å². The first-order valence-electron chi connectivity index (χ1n) is 7.85. The Kier molecular flexibility index (Phi) is 5.82. The Morgan fingerprint density at radius 3 is 2.54 bits per heavy atom. The lowest BCUT2D eigenvalue weighted by atomic mass is 10.1. The van der Waals surface area contributed by atoms with E-state index >= 15 is 0 Å². The second-order valence-electron chi connectivity index (χ2n) is 5.66. The van der Waals surface area contributed by atoms with E-state index in [1.807, 2.05) is 51.1 Å². The van der Waals surface area contributed by atoms with Crippen molar-refractivity contribution in [1.82, 2.24) is 0 Å². The van der Waals surface area contributed by atoms with Crippen LogP contribution in [0.25, 0.3) is 0 Å². The number of aryl methyl sites for hydroxylation is 3. The first kappa shape index (κ1) is 17.8. The number of methoxy groups -OCH3 is 1. The van der Waals surface area contributed by atoms with Gasteiger partial charge in [0, 0.05) is 5.56 Å². The number of carbonyl (C=O) groups is 1. The molecule has 2 aromatic rings. The van der Waals surface area contributed by atoms with E-state index in [2.05, 4.69) is 4.74 Å². The molecule has 0 radical (unpaired) electrons. The molecule has 0 fully saturated rings. The van der Waals surface area contributed by atoms with Crippen LogP contribution in [0.2, 0.25) is 0 Å². The molecule has 0 aliphatic heterocycles. The zero-order valence-electron chi connectivity index (χ0n) is 14.5. The van der Waals surface area contributed by atoms with Crippen molar-refractivity contribution in [3.63, 3.8) is 0 Å². The second-order valence-corrected chi connectivity index (χ2v) is 5.66. The Morgan fingerprint density at radius 2 is 1.92 bits per heavy atom. The van der Waals surface area contributed by atoms with Gasteiger partial charge in [-0.1, -0.05) is 36.8 Å². The van der Waals surface area contributed by atoms with Crippen LogP contribution >= 0.6 is 0 Å². The van der Waals surface area contributed by atoms with Crippen molar-refractivity contribution in [3.8, 4) is 5.75 Å². The second kappa shape index (κ2) is 7.84. The maximum Gasteiger partial charge on any atom is 0.438 e. The molecule has 0 spiro atoms. The van der Waals surface area contributed by atoms with Crippen LogP contribution in [0.4, 0.5) is 10.5 Å². The van der Waals surface area contributed by atoms with E-state index < -0.39 is 6.09 Å². The summed E-state index contributed by atoms with van der Waals surface area (Å²) in [6.07, 6.45) is 0.00698. The van der Waals surface area contributed by atoms with E-state index in [4.69, 9.17) is 4.74 Å². The summed E-state index contributed by atoms with van der Waals surface area (Å²) in [6.45, 7) is 6.29. The van der Waals surface area contributed by atoms with Gasteiger partial charge in [0.05, 0.1) is 12.8 Å². The molecule has 5 nitrogen and oxygen atoms in total. The minimum Gasteiger partial charge on any atom is -0.489 e. The summed E-state index contributed by atoms with van der Waals surface area (Å²) in [7, 11) is 1.22. The number of carbonyl (C=O) groups excluding carboxylic acids is 1. The van der Waals surface area contributed by atoms with Crippen molar-refractivity contribution in [2.75, 3.05) is 12.2 Å². The van der Waals surface area contributed by atoms with Crippen LogP contribution in [0.3, 0.4) is 0 Å². The number of hydrogen-bond donors (Lipinski definition) is 1. The van der Waals surface area contributed by atoms with Crippen molar-refractivity contribution in [2.45, 2.75) is 33.8 Å². The van der Waals surface area contributed by atoms with Crippen LogP contribution in [-0.2, 0) is 17.8 Å². The third-order valence-electron chi connectivity index (χ3n) is 3.84. The van der Waals surface area contributed by atoms with Crippen LogP contribution in [0, 0.1) is 13.8 Å². The van der Waals surface area contributed by atoms with E-state index in [1.165, 1.54) is 12.7 Å². The topological polar surface area (TPSA) is 59.0 Å². The standard InChI is InChI=1S/C19H23NO4/c1-5-15-7-8-17(20(22)19(21)23-4)16(11-15)12-24-18-9-6-13(2)10-14(18)3/h6-11,22H,5,12H2,1-4H3. The first-order valence-corrected chi connectivity index (χ1v) is 7.85. The fourth-order valence-electron chi connectivity index (χ4n) is 2.48. The van der Waals surface area contributed by atoms with Gasteiger partial charge in [-0.05, 0) is 43.5 Å². The maximum atomic E-state index is 11.6. The van der Waals surface area contributed by atoms with E-state index in [-0.39, 0.29) is 6.61 Å². The molecule has 0 bridgehead atoms. The number of hydrogen-bond acceptors (Lipinski definition) is 4. The van der Waals surface area contributed by atoms with Gasteiger partial charge in [0.25, 0.3) is 0 Å². The van der Waals surface area contributed by atoms with Crippen LogP contribution in [0.5, 0.6) is 5.75 Å². The Labute approximate surface area is 142 Å². The van der Waals surface area contributed by atoms with E-state index in [9.17, 15) is 10.0 Å². The van der Waals surface area contributed by atoms with Gasteiger partial charge in [-0.2, -0.15) is 5.06 Å². The highest BCUT2D eigenvalue weighted by molar-refractivity contribution is 5.85. The SMILES string of the molecule is CCc1ccc(N(O)C(=O)OC)c(COc2ccc(C)cc2C)c1. The first-order chi connectivity index (χ1) is 11.5. The van der Waals surface area contributed by atoms with Gasteiger partial charge < -0.3 is 9.47 Å². The molecule has 0 aliphatic rings. The van der Waals surface area contributed by atoms with Gasteiger partial charge in [-0.25, -0.2) is 4.79 Å². The van der Waals surface area contributed by atoms with Crippen molar-refractivity contribution in [3.05, 3.63) is 58.7 Å². The lowest BCUT2D eigenvalue weighted by Gasteiger charge is -2.19. The van der Waals surface area contributed by atoms with Gasteiger partial charge in [-0.15, -0.1) is 0 Å². The molecule has 0 saturated carbocycles. The number of hydroxylamine groups is 1. The molecule has 2 aromatic carbocycles. The molecule has 1 N–H and O–H groups in total. The van der Waals surface area contributed by atoms with Crippen LogP contribution in [0.15, 0.2) is 36.4 Å². The fraction of sp³-hybridized carbons (Fsp3) is 0.316. The number of rotatable bonds is 5. The van der Waals surface area contributed by atoms with E-state index in [0.717, 1.165) is 23.3 Å². The van der Waals surface area contributed by atoms with E-state index in [0.29, 0.717) is 16.3 Å². The van der Waals surface area contributed by atoms with Crippen LogP contribution in [0.1, 0.15) is 29.2 Å². The van der Waals surface area contributed by atoms with Crippen LogP contribution < -0.4 is 9.80 Å². The highest BCUT2D eigenvalue weighted by atomic mass is 16.6. The summed E-state index contributed by atoms with van der Waals surface area (Å²) in [5.74, 6) is 0.774. The lowest BCUT2D eigenvalue weighted by molar-refractivity contribution is 0.140. The summed E-state index contributed by atoms with van der Waals surface area (Å²) in [5.41, 5.74) is 4.36. The minimum absolute atomic E-state index is 0.237. The van der Waals surface area contributed by atoms with Crippen molar-refractivity contribution in [2.24, 2.45) is 0 Å². The van der Waals surface area contributed by atoms with Crippen LogP contribution in [-0.4, -0.2) is 18.4 Å². The zero-order chi connectivity index (χ0) is 17.7. The highest BCUT2D eigenvalue weighted by Gasteiger charge is 2.18. The Morgan fingerprint density at radius 1 is 1.17 bits per heavy atom. The molecule has 128 valence electrons. The molecule has 2 rings (SSSR count). The van der Waals surface area contributed by atoms with Crippen molar-refractivity contribution < 1.29 is 19.5 Å². The van der Waals surface area contributed by atoms with Gasteiger partial charge in [0.2, 0.25) is 0 Å². The smallest absolute Gasteiger partial charge is 0.438 e. The molecule has 5 heteroatoms. The highest BCUT2D eigenvalue weighted by Crippen LogP contribution is 2.25. The largest absolute Gasteiger partial charge is 0.489 e. The molecule has 0 saturated heterocycles. The predicted molar refractivity (Wildman–Crippen MR) is 92.7 cm³/mol. The molecule has 0 aliphatic carbocycles. The number of benzene rings is 2. The average Bonchev–Trinajstić information content (AvgIpc) is 2.59. The summed E-state index contributed by atoms with van der Waals surface area (Å²) in [5, 5.41) is 10.5. The summed E-state index contributed by atoms with van der Waals surface area (Å²) < 4.78 is 10.5. The number of anilines is 1. The normalized spacial score (nSPS) is 10.4. The lowest BCUT2D eigenvalue weighted by Crippen LogP contribution is -2.28. The third kappa shape index (κ3) is 4.06. The maximum absolute atomic E-state index is 11.6.